The van der Waals surface area contributed by atoms with E-state index in [9.17, 15) is 9.59 Å². The molecule has 92 valence electrons. The number of carbonyl (C=O) groups is 2. The van der Waals surface area contributed by atoms with Gasteiger partial charge in [-0.2, -0.15) is 0 Å². The molecular formula is C11H20N2O3. The van der Waals surface area contributed by atoms with E-state index in [2.05, 4.69) is 10.6 Å². The fraction of sp³-hybridized carbons (Fsp3) is 0.818. The number of rotatable bonds is 4. The third-order valence-corrected chi connectivity index (χ3v) is 2.75. The van der Waals surface area contributed by atoms with Crippen LogP contribution in [0.25, 0.3) is 0 Å². The molecule has 16 heavy (non-hydrogen) atoms. The maximum atomic E-state index is 11.8. The molecule has 2 unspecified atom stereocenters. The molecule has 0 radical (unpaired) electrons. The summed E-state index contributed by atoms with van der Waals surface area (Å²) in [6.45, 7) is 2.58. The van der Waals surface area contributed by atoms with Crippen LogP contribution in [0, 0.1) is 0 Å². The topological polar surface area (TPSA) is 78.4 Å². The Labute approximate surface area is 95.6 Å². The van der Waals surface area contributed by atoms with Crippen LogP contribution in [0.3, 0.4) is 0 Å². The highest BCUT2D eigenvalue weighted by atomic mass is 16.4. The molecule has 0 aromatic heterocycles. The normalized spacial score (nSPS) is 23.2. The van der Waals surface area contributed by atoms with Gasteiger partial charge in [-0.15, -0.1) is 0 Å². The van der Waals surface area contributed by atoms with Crippen molar-refractivity contribution in [2.75, 3.05) is 6.54 Å². The van der Waals surface area contributed by atoms with Crippen LogP contribution in [-0.2, 0) is 9.59 Å². The van der Waals surface area contributed by atoms with Crippen LogP contribution in [0.5, 0.6) is 0 Å². The van der Waals surface area contributed by atoms with E-state index < -0.39 is 5.97 Å². The molecule has 1 amide bonds. The average Bonchev–Trinajstić information content (AvgIpc) is 2.43. The molecule has 0 bridgehead atoms. The summed E-state index contributed by atoms with van der Waals surface area (Å²) in [6, 6.07) is -0.464. The number of nitrogens with one attached hydrogen (secondary N) is 2. The number of carbonyl (C=O) groups excluding carboxylic acids is 1. The van der Waals surface area contributed by atoms with Gasteiger partial charge in [-0.25, -0.2) is 0 Å². The van der Waals surface area contributed by atoms with Gasteiger partial charge < -0.3 is 15.7 Å². The smallest absolute Gasteiger partial charge is 0.305 e. The Morgan fingerprint density at radius 2 is 2.19 bits per heavy atom. The summed E-state index contributed by atoms with van der Waals surface area (Å²) in [5.74, 6) is -0.961. The molecular weight excluding hydrogens is 208 g/mol. The van der Waals surface area contributed by atoms with E-state index in [1.54, 1.807) is 6.92 Å². The molecule has 1 saturated heterocycles. The zero-order valence-electron chi connectivity index (χ0n) is 9.66. The van der Waals surface area contributed by atoms with Crippen molar-refractivity contribution in [2.24, 2.45) is 0 Å². The number of carboxylic acids is 1. The summed E-state index contributed by atoms with van der Waals surface area (Å²) in [7, 11) is 0. The Hall–Kier alpha value is -1.10. The predicted octanol–water partition coefficient (Wildman–Crippen LogP) is 0.498. The van der Waals surface area contributed by atoms with Gasteiger partial charge in [0.15, 0.2) is 0 Å². The Bertz CT molecular complexity index is 248. The Morgan fingerprint density at radius 1 is 1.44 bits per heavy atom. The van der Waals surface area contributed by atoms with Gasteiger partial charge in [0.1, 0.15) is 0 Å². The predicted molar refractivity (Wildman–Crippen MR) is 60.1 cm³/mol. The highest BCUT2D eigenvalue weighted by Crippen LogP contribution is 2.08. The molecule has 1 fully saturated rings. The lowest BCUT2D eigenvalue weighted by Gasteiger charge is -2.18. The Balaban J connectivity index is 2.34. The molecule has 1 rings (SSSR count). The van der Waals surface area contributed by atoms with Crippen molar-refractivity contribution < 1.29 is 14.7 Å². The van der Waals surface area contributed by atoms with Gasteiger partial charge in [-0.05, 0) is 26.3 Å². The second kappa shape index (κ2) is 6.48. The summed E-state index contributed by atoms with van der Waals surface area (Å²) < 4.78 is 0. The standard InChI is InChI=1S/C11H20N2O3/c1-8(7-10(14)15)13-11(16)9-5-3-2-4-6-12-9/h8-9,12H,2-7H2,1H3,(H,13,16)(H,14,15). The van der Waals surface area contributed by atoms with E-state index in [0.29, 0.717) is 0 Å². The summed E-state index contributed by atoms with van der Waals surface area (Å²) in [6.07, 6.45) is 4.12. The molecule has 2 atom stereocenters. The van der Waals surface area contributed by atoms with Crippen molar-refractivity contribution in [3.8, 4) is 0 Å². The highest BCUT2D eigenvalue weighted by molar-refractivity contribution is 5.82. The SMILES string of the molecule is CC(CC(=O)O)NC(=O)C1CCCCCN1. The molecule has 0 aromatic carbocycles. The minimum absolute atomic E-state index is 0.0293. The molecule has 5 heteroatoms. The number of hydrogen-bond acceptors (Lipinski definition) is 3. The van der Waals surface area contributed by atoms with Crippen LogP contribution in [0.2, 0.25) is 0 Å². The van der Waals surface area contributed by atoms with Crippen molar-refractivity contribution in [1.82, 2.24) is 10.6 Å². The summed E-state index contributed by atoms with van der Waals surface area (Å²) in [4.78, 5) is 22.2. The lowest BCUT2D eigenvalue weighted by Crippen LogP contribution is -2.47. The van der Waals surface area contributed by atoms with E-state index in [0.717, 1.165) is 32.2 Å². The fourth-order valence-electron chi connectivity index (χ4n) is 1.91. The lowest BCUT2D eigenvalue weighted by atomic mass is 10.1. The van der Waals surface area contributed by atoms with Crippen molar-refractivity contribution in [3.05, 3.63) is 0 Å². The quantitative estimate of drug-likeness (QED) is 0.654. The first kappa shape index (κ1) is 13.0. The van der Waals surface area contributed by atoms with Gasteiger partial charge in [0.2, 0.25) is 5.91 Å². The monoisotopic (exact) mass is 228 g/mol. The van der Waals surface area contributed by atoms with Crippen molar-refractivity contribution in [3.63, 3.8) is 0 Å². The van der Waals surface area contributed by atoms with Crippen LogP contribution < -0.4 is 10.6 Å². The third-order valence-electron chi connectivity index (χ3n) is 2.75. The molecule has 0 aliphatic carbocycles. The van der Waals surface area contributed by atoms with Crippen LogP contribution >= 0.6 is 0 Å². The van der Waals surface area contributed by atoms with Gasteiger partial charge >= 0.3 is 5.97 Å². The Kier molecular flexibility index (Phi) is 5.25. The number of amides is 1. The van der Waals surface area contributed by atoms with E-state index in [-0.39, 0.29) is 24.4 Å². The van der Waals surface area contributed by atoms with E-state index in [1.807, 2.05) is 0 Å². The van der Waals surface area contributed by atoms with Crippen molar-refractivity contribution in [1.29, 1.82) is 0 Å². The fourth-order valence-corrected chi connectivity index (χ4v) is 1.91. The first-order valence-corrected chi connectivity index (χ1v) is 5.85. The summed E-state index contributed by atoms with van der Waals surface area (Å²) >= 11 is 0. The second-order valence-corrected chi connectivity index (χ2v) is 4.36. The molecule has 3 N–H and O–H groups in total. The zero-order chi connectivity index (χ0) is 12.0. The van der Waals surface area contributed by atoms with Crippen LogP contribution in [0.1, 0.15) is 39.0 Å². The number of hydrogen-bond donors (Lipinski definition) is 3. The molecule has 5 nitrogen and oxygen atoms in total. The molecule has 0 saturated carbocycles. The second-order valence-electron chi connectivity index (χ2n) is 4.36. The van der Waals surface area contributed by atoms with Crippen molar-refractivity contribution >= 4 is 11.9 Å². The van der Waals surface area contributed by atoms with Gasteiger partial charge in [0.25, 0.3) is 0 Å². The zero-order valence-corrected chi connectivity index (χ0v) is 9.66. The first-order valence-electron chi connectivity index (χ1n) is 5.85. The number of aliphatic carboxylic acids is 1. The average molecular weight is 228 g/mol. The van der Waals surface area contributed by atoms with E-state index >= 15 is 0 Å². The minimum atomic E-state index is -0.887. The molecule has 1 heterocycles. The van der Waals surface area contributed by atoms with Gasteiger partial charge in [-0.1, -0.05) is 12.8 Å². The number of carboxylic acid groups (broad SMARTS) is 1. The lowest BCUT2D eigenvalue weighted by molar-refractivity contribution is -0.137. The molecule has 1 aliphatic rings. The van der Waals surface area contributed by atoms with Gasteiger partial charge in [0.05, 0.1) is 12.5 Å². The van der Waals surface area contributed by atoms with Crippen LogP contribution in [0.4, 0.5) is 0 Å². The van der Waals surface area contributed by atoms with Crippen LogP contribution in [-0.4, -0.2) is 35.6 Å². The summed E-state index contributed by atoms with van der Waals surface area (Å²) in [5.41, 5.74) is 0. The largest absolute Gasteiger partial charge is 0.481 e. The molecule has 0 spiro atoms. The molecule has 1 aliphatic heterocycles. The maximum absolute atomic E-state index is 11.8. The summed E-state index contributed by atoms with van der Waals surface area (Å²) in [5, 5.41) is 14.5. The molecule has 0 aromatic rings. The minimum Gasteiger partial charge on any atom is -0.481 e. The Morgan fingerprint density at radius 3 is 2.88 bits per heavy atom. The van der Waals surface area contributed by atoms with E-state index in [4.69, 9.17) is 5.11 Å². The van der Waals surface area contributed by atoms with Crippen LogP contribution in [0.15, 0.2) is 0 Å². The van der Waals surface area contributed by atoms with Gasteiger partial charge in [0, 0.05) is 6.04 Å². The first-order chi connectivity index (χ1) is 7.59. The van der Waals surface area contributed by atoms with Crippen molar-refractivity contribution in [2.45, 2.75) is 51.1 Å². The van der Waals surface area contributed by atoms with E-state index in [1.165, 1.54) is 0 Å². The third kappa shape index (κ3) is 4.61. The maximum Gasteiger partial charge on any atom is 0.305 e. The highest BCUT2D eigenvalue weighted by Gasteiger charge is 2.21. The van der Waals surface area contributed by atoms with Gasteiger partial charge in [-0.3, -0.25) is 9.59 Å².